The molecule has 1 unspecified atom stereocenters. The molecular formula is C16H21Cl2N3O3. The lowest BCUT2D eigenvalue weighted by Crippen LogP contribution is -2.39. The van der Waals surface area contributed by atoms with Crippen molar-refractivity contribution >= 4 is 36.4 Å². The van der Waals surface area contributed by atoms with Crippen LogP contribution in [0.3, 0.4) is 0 Å². The first-order valence-corrected chi connectivity index (χ1v) is 6.84. The number of hydrogen-bond acceptors (Lipinski definition) is 5. The minimum absolute atomic E-state index is 0. The van der Waals surface area contributed by atoms with Gasteiger partial charge in [0.2, 0.25) is 5.91 Å². The summed E-state index contributed by atoms with van der Waals surface area (Å²) in [5.41, 5.74) is 7.23. The third-order valence-corrected chi connectivity index (χ3v) is 2.99. The Bertz CT molecular complexity index is 642. The number of nitrogens with one attached hydrogen (secondary N) is 1. The Morgan fingerprint density at radius 2 is 2.08 bits per heavy atom. The van der Waals surface area contributed by atoms with Crippen molar-refractivity contribution in [2.75, 3.05) is 19.0 Å². The predicted molar refractivity (Wildman–Crippen MR) is 98.5 cm³/mol. The van der Waals surface area contributed by atoms with Gasteiger partial charge < -0.3 is 20.5 Å². The number of anilines is 1. The maximum absolute atomic E-state index is 11.8. The number of carbonyl (C=O) groups excluding carboxylic acids is 1. The first kappa shape index (κ1) is 22.1. The van der Waals surface area contributed by atoms with Gasteiger partial charge in [-0.05, 0) is 42.8 Å². The molecule has 1 aromatic heterocycles. The second-order valence-electron chi connectivity index (χ2n) is 4.82. The highest BCUT2D eigenvalue weighted by atomic mass is 35.5. The number of nitrogens with zero attached hydrogens (tertiary/aromatic N) is 1. The third-order valence-electron chi connectivity index (χ3n) is 2.99. The summed E-state index contributed by atoms with van der Waals surface area (Å²) >= 11 is 0. The van der Waals surface area contributed by atoms with Crippen molar-refractivity contribution < 1.29 is 14.3 Å². The monoisotopic (exact) mass is 373 g/mol. The summed E-state index contributed by atoms with van der Waals surface area (Å²) in [7, 11) is 1.50. The highest BCUT2D eigenvalue weighted by Crippen LogP contribution is 2.26. The largest absolute Gasteiger partial charge is 0.455 e. The lowest BCUT2D eigenvalue weighted by atomic mass is 10.2. The molecule has 1 aromatic carbocycles. The van der Waals surface area contributed by atoms with Crippen molar-refractivity contribution in [2.45, 2.75) is 13.0 Å². The normalized spacial score (nSPS) is 10.8. The van der Waals surface area contributed by atoms with Crippen LogP contribution >= 0.6 is 24.8 Å². The standard InChI is InChI=1S/C16H19N3O3.2ClH/c1-11-8-12(19-16(20)14(17)10-21-2)5-6-15(11)22-13-4-3-7-18-9-13;;/h3-9,14H,10,17H2,1-2H3,(H,19,20);2*1H. The number of aryl methyl sites for hydroxylation is 1. The first-order valence-electron chi connectivity index (χ1n) is 6.84. The van der Waals surface area contributed by atoms with Gasteiger partial charge in [0.15, 0.2) is 0 Å². The Labute approximate surface area is 153 Å². The fraction of sp³-hybridized carbons (Fsp3) is 0.250. The molecule has 2 aromatic rings. The highest BCUT2D eigenvalue weighted by molar-refractivity contribution is 5.94. The topological polar surface area (TPSA) is 86.5 Å². The molecule has 1 amide bonds. The van der Waals surface area contributed by atoms with Crippen molar-refractivity contribution in [2.24, 2.45) is 5.73 Å². The number of methoxy groups -OCH3 is 1. The van der Waals surface area contributed by atoms with Gasteiger partial charge in [-0.15, -0.1) is 24.8 Å². The number of carbonyl (C=O) groups is 1. The van der Waals surface area contributed by atoms with E-state index in [1.165, 1.54) is 7.11 Å². The quantitative estimate of drug-likeness (QED) is 0.812. The Balaban J connectivity index is 0.00000264. The molecule has 6 nitrogen and oxygen atoms in total. The Morgan fingerprint density at radius 3 is 2.67 bits per heavy atom. The second kappa shape index (κ2) is 10.8. The average Bonchev–Trinajstić information content (AvgIpc) is 2.51. The highest BCUT2D eigenvalue weighted by Gasteiger charge is 2.13. The number of ether oxygens (including phenoxy) is 2. The summed E-state index contributed by atoms with van der Waals surface area (Å²) in [6.07, 6.45) is 3.32. The number of hydrogen-bond donors (Lipinski definition) is 2. The van der Waals surface area contributed by atoms with Gasteiger partial charge in [-0.2, -0.15) is 0 Å². The molecule has 1 atom stereocenters. The molecule has 0 fully saturated rings. The van der Waals surface area contributed by atoms with Crippen LogP contribution in [0.5, 0.6) is 11.5 Å². The molecule has 0 saturated heterocycles. The Morgan fingerprint density at radius 1 is 1.33 bits per heavy atom. The average molecular weight is 374 g/mol. The van der Waals surface area contributed by atoms with E-state index < -0.39 is 6.04 Å². The van der Waals surface area contributed by atoms with Gasteiger partial charge in [-0.25, -0.2) is 0 Å². The van der Waals surface area contributed by atoms with E-state index >= 15 is 0 Å². The summed E-state index contributed by atoms with van der Waals surface area (Å²) in [4.78, 5) is 15.8. The van der Waals surface area contributed by atoms with E-state index in [-0.39, 0.29) is 37.3 Å². The molecule has 0 aliphatic heterocycles. The zero-order valence-corrected chi connectivity index (χ0v) is 15.0. The predicted octanol–water partition coefficient (Wildman–Crippen LogP) is 2.94. The summed E-state index contributed by atoms with van der Waals surface area (Å²) in [5, 5.41) is 2.75. The lowest BCUT2D eigenvalue weighted by molar-refractivity contribution is -0.118. The zero-order valence-electron chi connectivity index (χ0n) is 13.4. The van der Waals surface area contributed by atoms with Crippen LogP contribution in [0.4, 0.5) is 5.69 Å². The van der Waals surface area contributed by atoms with E-state index in [9.17, 15) is 4.79 Å². The van der Waals surface area contributed by atoms with E-state index in [4.69, 9.17) is 15.2 Å². The Hall–Kier alpha value is -1.86. The summed E-state index contributed by atoms with van der Waals surface area (Å²) in [5.74, 6) is 1.07. The number of pyridine rings is 1. The number of nitrogens with two attached hydrogens (primary N) is 1. The number of amides is 1. The first-order chi connectivity index (χ1) is 10.6. The van der Waals surface area contributed by atoms with Crippen LogP contribution in [0.2, 0.25) is 0 Å². The SMILES string of the molecule is COCC(N)C(=O)Nc1ccc(Oc2cccnc2)c(C)c1.Cl.Cl. The maximum atomic E-state index is 11.8. The van der Waals surface area contributed by atoms with E-state index in [2.05, 4.69) is 10.3 Å². The molecule has 1 heterocycles. The van der Waals surface area contributed by atoms with Gasteiger partial charge in [-0.1, -0.05) is 0 Å². The fourth-order valence-corrected chi connectivity index (χ4v) is 1.87. The number of aromatic nitrogens is 1. The van der Waals surface area contributed by atoms with Crippen molar-refractivity contribution in [3.05, 3.63) is 48.3 Å². The molecule has 132 valence electrons. The molecule has 0 aliphatic carbocycles. The van der Waals surface area contributed by atoms with Crippen molar-refractivity contribution in [3.63, 3.8) is 0 Å². The van der Waals surface area contributed by atoms with Crippen molar-refractivity contribution in [1.29, 1.82) is 0 Å². The van der Waals surface area contributed by atoms with Crippen LogP contribution in [-0.2, 0) is 9.53 Å². The van der Waals surface area contributed by atoms with E-state index in [0.717, 1.165) is 5.56 Å². The molecule has 0 bridgehead atoms. The van der Waals surface area contributed by atoms with Crippen molar-refractivity contribution in [3.8, 4) is 11.5 Å². The molecule has 24 heavy (non-hydrogen) atoms. The van der Waals surface area contributed by atoms with Gasteiger partial charge in [0, 0.05) is 19.0 Å². The van der Waals surface area contributed by atoms with Crippen molar-refractivity contribution in [1.82, 2.24) is 4.98 Å². The van der Waals surface area contributed by atoms with Gasteiger partial charge in [0.25, 0.3) is 0 Å². The molecule has 3 N–H and O–H groups in total. The number of halogens is 2. The van der Waals surface area contributed by atoms with Crippen LogP contribution in [0.25, 0.3) is 0 Å². The Kier molecular flexibility index (Phi) is 9.99. The molecule has 0 aliphatic rings. The van der Waals surface area contributed by atoms with Crippen LogP contribution < -0.4 is 15.8 Å². The smallest absolute Gasteiger partial charge is 0.243 e. The minimum Gasteiger partial charge on any atom is -0.455 e. The van der Waals surface area contributed by atoms with E-state index in [1.807, 2.05) is 19.1 Å². The van der Waals surface area contributed by atoms with Gasteiger partial charge in [-0.3, -0.25) is 9.78 Å². The molecule has 0 radical (unpaired) electrons. The zero-order chi connectivity index (χ0) is 15.9. The van der Waals surface area contributed by atoms with Crippen LogP contribution in [0.1, 0.15) is 5.56 Å². The molecule has 8 heteroatoms. The molecular weight excluding hydrogens is 353 g/mol. The van der Waals surface area contributed by atoms with Crippen LogP contribution in [-0.4, -0.2) is 30.6 Å². The molecule has 0 spiro atoms. The fourth-order valence-electron chi connectivity index (χ4n) is 1.87. The van der Waals surface area contributed by atoms with E-state index in [0.29, 0.717) is 17.2 Å². The second-order valence-corrected chi connectivity index (χ2v) is 4.82. The summed E-state index contributed by atoms with van der Waals surface area (Å²) in [6.45, 7) is 2.07. The molecule has 2 rings (SSSR count). The van der Waals surface area contributed by atoms with Crippen LogP contribution in [0, 0.1) is 6.92 Å². The number of rotatable bonds is 6. The molecule has 0 saturated carbocycles. The van der Waals surface area contributed by atoms with Gasteiger partial charge >= 0.3 is 0 Å². The number of benzene rings is 1. The third kappa shape index (κ3) is 6.33. The lowest BCUT2D eigenvalue weighted by Gasteiger charge is -2.13. The summed E-state index contributed by atoms with van der Waals surface area (Å²) < 4.78 is 10.6. The maximum Gasteiger partial charge on any atom is 0.243 e. The van der Waals surface area contributed by atoms with Crippen LogP contribution in [0.15, 0.2) is 42.7 Å². The van der Waals surface area contributed by atoms with Gasteiger partial charge in [0.1, 0.15) is 17.5 Å². The minimum atomic E-state index is -0.698. The summed E-state index contributed by atoms with van der Waals surface area (Å²) in [6, 6.07) is 8.30. The van der Waals surface area contributed by atoms with E-state index in [1.54, 1.807) is 30.6 Å². The van der Waals surface area contributed by atoms with Gasteiger partial charge in [0.05, 0.1) is 12.8 Å².